The lowest BCUT2D eigenvalue weighted by Crippen LogP contribution is -2.27. The van der Waals surface area contributed by atoms with Crippen LogP contribution in [0, 0.1) is 11.8 Å². The number of aryl methyl sites for hydroxylation is 1. The molecule has 0 fully saturated rings. The number of rotatable bonds is 2. The van der Waals surface area contributed by atoms with Crippen LogP contribution < -0.4 is 0 Å². The van der Waals surface area contributed by atoms with Crippen LogP contribution in [0.2, 0.25) is 5.02 Å². The zero-order valence-electron chi connectivity index (χ0n) is 11.7. The molecule has 106 valence electrons. The van der Waals surface area contributed by atoms with Crippen LogP contribution in [-0.2, 0) is 22.4 Å². The Morgan fingerprint density at radius 2 is 2.30 bits per heavy atom. The van der Waals surface area contributed by atoms with Crippen LogP contribution in [0.25, 0.3) is 10.9 Å². The molecule has 1 aromatic carbocycles. The number of esters is 1. The van der Waals surface area contributed by atoms with Gasteiger partial charge in [0, 0.05) is 21.6 Å². The van der Waals surface area contributed by atoms with Crippen molar-refractivity contribution in [3.8, 4) is 0 Å². The normalized spacial score (nSPS) is 19.6. The molecule has 2 aromatic rings. The van der Waals surface area contributed by atoms with E-state index in [9.17, 15) is 4.79 Å². The van der Waals surface area contributed by atoms with Gasteiger partial charge in [-0.15, -0.1) is 0 Å². The number of aromatic nitrogens is 1. The number of hydrogen-bond donors (Lipinski definition) is 1. The molecule has 0 radical (unpaired) electrons. The van der Waals surface area contributed by atoms with Crippen LogP contribution in [0.15, 0.2) is 18.2 Å². The number of carbonyl (C=O) groups excluding carboxylic acids is 1. The molecule has 0 aliphatic heterocycles. The van der Waals surface area contributed by atoms with E-state index in [2.05, 4.69) is 4.98 Å². The molecule has 3 nitrogen and oxygen atoms in total. The molecule has 1 aliphatic rings. The Hall–Kier alpha value is -1.48. The molecule has 0 spiro atoms. The van der Waals surface area contributed by atoms with Crippen LogP contribution in [0.3, 0.4) is 0 Å². The highest BCUT2D eigenvalue weighted by Crippen LogP contribution is 2.35. The fourth-order valence-corrected chi connectivity index (χ4v) is 3.41. The minimum absolute atomic E-state index is 0.0526. The summed E-state index contributed by atoms with van der Waals surface area (Å²) in [7, 11) is 1.46. The Morgan fingerprint density at radius 1 is 1.50 bits per heavy atom. The molecular weight excluding hydrogens is 274 g/mol. The minimum atomic E-state index is -0.113. The molecule has 3 rings (SSSR count). The number of halogens is 1. The second-order valence-electron chi connectivity index (χ2n) is 5.59. The van der Waals surface area contributed by atoms with Crippen molar-refractivity contribution in [2.45, 2.75) is 26.2 Å². The molecule has 1 N–H and O–H groups in total. The smallest absolute Gasteiger partial charge is 0.308 e. The minimum Gasteiger partial charge on any atom is -0.469 e. The molecule has 1 heterocycles. The number of methoxy groups -OCH3 is 1. The predicted octanol–water partition coefficient (Wildman–Crippen LogP) is 3.74. The number of hydrogen-bond acceptors (Lipinski definition) is 2. The van der Waals surface area contributed by atoms with E-state index >= 15 is 0 Å². The first-order valence-corrected chi connectivity index (χ1v) is 7.34. The molecule has 1 aromatic heterocycles. The van der Waals surface area contributed by atoms with E-state index in [-0.39, 0.29) is 11.9 Å². The maximum atomic E-state index is 11.7. The molecule has 0 unspecified atom stereocenters. The molecule has 0 bridgehead atoms. The Morgan fingerprint density at radius 3 is 3.05 bits per heavy atom. The van der Waals surface area contributed by atoms with Gasteiger partial charge in [0.05, 0.1) is 13.0 Å². The number of fused-ring (bicyclic) bond motifs is 3. The van der Waals surface area contributed by atoms with Crippen molar-refractivity contribution in [3.63, 3.8) is 0 Å². The van der Waals surface area contributed by atoms with Gasteiger partial charge in [-0.3, -0.25) is 4.79 Å². The third-order valence-corrected chi connectivity index (χ3v) is 4.70. The number of H-pyrrole nitrogens is 1. The lowest BCUT2D eigenvalue weighted by molar-refractivity contribution is -0.146. The Balaban J connectivity index is 1.92. The standard InChI is InChI=1S/C16H18ClNO2/c1-9(16(19)20-2)10-3-5-12-13-8-11(17)4-6-14(13)18-15(12)7-10/h4,6,8-10,18H,3,5,7H2,1-2H3/t9-,10-/m0/s1. The third-order valence-electron chi connectivity index (χ3n) is 4.47. The van der Waals surface area contributed by atoms with Crippen molar-refractivity contribution in [2.24, 2.45) is 11.8 Å². The largest absolute Gasteiger partial charge is 0.469 e. The van der Waals surface area contributed by atoms with Crippen LogP contribution in [-0.4, -0.2) is 18.1 Å². The number of nitrogens with one attached hydrogen (secondary N) is 1. The average Bonchev–Trinajstić information content (AvgIpc) is 2.82. The van der Waals surface area contributed by atoms with Crippen LogP contribution >= 0.6 is 11.6 Å². The third kappa shape index (κ3) is 2.20. The van der Waals surface area contributed by atoms with Gasteiger partial charge in [-0.05, 0) is 48.9 Å². The van der Waals surface area contributed by atoms with Crippen molar-refractivity contribution in [1.82, 2.24) is 4.98 Å². The molecule has 1 aliphatic carbocycles. The van der Waals surface area contributed by atoms with Gasteiger partial charge in [0.15, 0.2) is 0 Å². The first-order chi connectivity index (χ1) is 9.60. The summed E-state index contributed by atoms with van der Waals surface area (Å²) in [6, 6.07) is 5.95. The molecule has 0 amide bonds. The number of carbonyl (C=O) groups is 1. The quantitative estimate of drug-likeness (QED) is 0.857. The first-order valence-electron chi connectivity index (χ1n) is 6.97. The fraction of sp³-hybridized carbons (Fsp3) is 0.438. The monoisotopic (exact) mass is 291 g/mol. The average molecular weight is 292 g/mol. The van der Waals surface area contributed by atoms with Crippen LogP contribution in [0.1, 0.15) is 24.6 Å². The summed E-state index contributed by atoms with van der Waals surface area (Å²) in [5, 5.41) is 1.99. The van der Waals surface area contributed by atoms with Crippen molar-refractivity contribution >= 4 is 28.5 Å². The number of aromatic amines is 1. The van der Waals surface area contributed by atoms with Gasteiger partial charge in [-0.25, -0.2) is 0 Å². The predicted molar refractivity (Wildman–Crippen MR) is 80.0 cm³/mol. The topological polar surface area (TPSA) is 42.1 Å². The zero-order valence-corrected chi connectivity index (χ0v) is 12.5. The van der Waals surface area contributed by atoms with Crippen LogP contribution in [0.4, 0.5) is 0 Å². The van der Waals surface area contributed by atoms with E-state index in [0.29, 0.717) is 5.92 Å². The summed E-state index contributed by atoms with van der Waals surface area (Å²) in [5.41, 5.74) is 3.73. The van der Waals surface area contributed by atoms with Crippen molar-refractivity contribution in [2.75, 3.05) is 7.11 Å². The molecule has 20 heavy (non-hydrogen) atoms. The van der Waals surface area contributed by atoms with E-state index in [1.807, 2.05) is 25.1 Å². The Bertz CT molecular complexity index is 662. The molecule has 0 saturated heterocycles. The van der Waals surface area contributed by atoms with E-state index in [1.54, 1.807) is 0 Å². The molecule has 0 saturated carbocycles. The molecular formula is C16H18ClNO2. The summed E-state index contributed by atoms with van der Waals surface area (Å²) in [6.07, 6.45) is 2.91. The number of benzene rings is 1. The SMILES string of the molecule is COC(=O)[C@@H](C)[C@H]1CCc2c([nH]c3ccc(Cl)cc23)C1. The van der Waals surface area contributed by atoms with Gasteiger partial charge < -0.3 is 9.72 Å². The number of ether oxygens (including phenoxy) is 1. The zero-order chi connectivity index (χ0) is 14.3. The highest BCUT2D eigenvalue weighted by Gasteiger charge is 2.30. The van der Waals surface area contributed by atoms with Gasteiger partial charge in [0.25, 0.3) is 0 Å². The van der Waals surface area contributed by atoms with E-state index in [0.717, 1.165) is 29.8 Å². The van der Waals surface area contributed by atoms with E-state index < -0.39 is 0 Å². The summed E-state index contributed by atoms with van der Waals surface area (Å²) >= 11 is 6.08. The Labute approximate surface area is 123 Å². The van der Waals surface area contributed by atoms with E-state index in [4.69, 9.17) is 16.3 Å². The van der Waals surface area contributed by atoms with Gasteiger partial charge in [0.1, 0.15) is 0 Å². The Kier molecular flexibility index (Phi) is 3.47. The highest BCUT2D eigenvalue weighted by atomic mass is 35.5. The highest BCUT2D eigenvalue weighted by molar-refractivity contribution is 6.31. The second-order valence-corrected chi connectivity index (χ2v) is 6.02. The maximum Gasteiger partial charge on any atom is 0.308 e. The first kappa shape index (κ1) is 13.5. The summed E-state index contributed by atoms with van der Waals surface area (Å²) in [6.45, 7) is 1.96. The molecule has 4 heteroatoms. The van der Waals surface area contributed by atoms with Crippen molar-refractivity contribution in [1.29, 1.82) is 0 Å². The van der Waals surface area contributed by atoms with Gasteiger partial charge in [0.2, 0.25) is 0 Å². The second kappa shape index (κ2) is 5.13. The van der Waals surface area contributed by atoms with E-state index in [1.165, 1.54) is 23.8 Å². The summed E-state index contributed by atoms with van der Waals surface area (Å²) < 4.78 is 4.86. The van der Waals surface area contributed by atoms with Crippen molar-refractivity contribution < 1.29 is 9.53 Å². The van der Waals surface area contributed by atoms with Crippen molar-refractivity contribution in [3.05, 3.63) is 34.5 Å². The summed E-state index contributed by atoms with van der Waals surface area (Å²) in [5.74, 6) is 0.180. The van der Waals surface area contributed by atoms with Gasteiger partial charge >= 0.3 is 5.97 Å². The molecule has 2 atom stereocenters. The fourth-order valence-electron chi connectivity index (χ4n) is 3.23. The lowest BCUT2D eigenvalue weighted by Gasteiger charge is -2.26. The van der Waals surface area contributed by atoms with Gasteiger partial charge in [-0.1, -0.05) is 18.5 Å². The van der Waals surface area contributed by atoms with Crippen LogP contribution in [0.5, 0.6) is 0 Å². The maximum absolute atomic E-state index is 11.7. The lowest BCUT2D eigenvalue weighted by atomic mass is 9.79. The van der Waals surface area contributed by atoms with Gasteiger partial charge in [-0.2, -0.15) is 0 Å². The summed E-state index contributed by atoms with van der Waals surface area (Å²) in [4.78, 5) is 15.2.